The van der Waals surface area contributed by atoms with Gasteiger partial charge in [0.25, 0.3) is 17.7 Å². The number of nitriles is 3. The average molecular weight is 1390 g/mol. The molecule has 0 bridgehead atoms. The summed E-state index contributed by atoms with van der Waals surface area (Å²) < 4.78 is 10.5. The summed E-state index contributed by atoms with van der Waals surface area (Å²) in [4.78, 5) is 55.7. The minimum Gasteiger partial charge on any atom is -0.356 e. The van der Waals surface area contributed by atoms with E-state index in [1.54, 1.807) is 64.8 Å². The number of aromatic nitrogens is 15. The lowest BCUT2D eigenvalue weighted by Crippen LogP contribution is -2.55. The number of piperidine rings is 3. The molecule has 0 atom stereocenters. The summed E-state index contributed by atoms with van der Waals surface area (Å²) in [6, 6.07) is 25.0. The first kappa shape index (κ1) is 69.6. The lowest BCUT2D eigenvalue weighted by molar-refractivity contribution is -0.118. The van der Waals surface area contributed by atoms with Gasteiger partial charge < -0.3 is 30.7 Å². The molecule has 0 unspecified atom stereocenters. The van der Waals surface area contributed by atoms with Crippen molar-refractivity contribution in [2.75, 3.05) is 54.0 Å². The summed E-state index contributed by atoms with van der Waals surface area (Å²) in [7, 11) is 5.63. The maximum atomic E-state index is 11.8. The number of aryl methyl sites for hydroxylation is 3. The van der Waals surface area contributed by atoms with E-state index in [2.05, 4.69) is 110 Å². The molecule has 3 N–H and O–H groups in total. The Balaban J connectivity index is 0.000000140. The Hall–Kier alpha value is -13.9. The highest BCUT2D eigenvalue weighted by Gasteiger charge is 2.35. The Morgan fingerprint density at radius 1 is 0.448 bits per heavy atom. The highest BCUT2D eigenvalue weighted by atomic mass is 16.2. The predicted molar refractivity (Wildman–Crippen MR) is 397 cm³/mol. The number of amides is 3. The molecule has 0 saturated carbocycles. The highest BCUT2D eigenvalue weighted by molar-refractivity contribution is 5.95. The molecule has 12 aromatic heterocycles. The van der Waals surface area contributed by atoms with Gasteiger partial charge in [0.15, 0.2) is 0 Å². The van der Waals surface area contributed by atoms with E-state index < -0.39 is 0 Å². The van der Waals surface area contributed by atoms with Crippen LogP contribution >= 0.6 is 0 Å². The van der Waals surface area contributed by atoms with Crippen LogP contribution in [0, 0.1) is 71.0 Å². The van der Waals surface area contributed by atoms with Gasteiger partial charge in [-0.05, 0) is 124 Å². The number of hydrogen-bond donors (Lipinski definition) is 3. The molecule has 0 aromatic carbocycles. The Kier molecular flexibility index (Phi) is 19.7. The van der Waals surface area contributed by atoms with Crippen LogP contribution < -0.4 is 30.7 Å². The van der Waals surface area contributed by atoms with Crippen molar-refractivity contribution in [1.82, 2.24) is 89.1 Å². The smallest absolute Gasteiger partial charge is 0.296 e. The van der Waals surface area contributed by atoms with Crippen molar-refractivity contribution in [3.8, 4) is 122 Å². The minimum atomic E-state index is -0.375. The van der Waals surface area contributed by atoms with Crippen molar-refractivity contribution in [2.45, 2.75) is 75.9 Å². The van der Waals surface area contributed by atoms with Gasteiger partial charge in [-0.25, -0.2) is 28.5 Å². The molecule has 12 aromatic rings. The summed E-state index contributed by atoms with van der Waals surface area (Å²) in [5.41, 5.74) is 14.2. The van der Waals surface area contributed by atoms with Gasteiger partial charge in [0, 0.05) is 200 Å². The van der Waals surface area contributed by atoms with Crippen LogP contribution in [0.2, 0.25) is 0 Å². The molecule has 3 aliphatic heterocycles. The molecule has 3 aliphatic rings. The maximum Gasteiger partial charge on any atom is 0.296 e. The molecule has 15 heterocycles. The van der Waals surface area contributed by atoms with E-state index in [9.17, 15) is 30.2 Å². The third-order valence-corrected chi connectivity index (χ3v) is 19.7. The van der Waals surface area contributed by atoms with Crippen LogP contribution in [0.5, 0.6) is 0 Å². The van der Waals surface area contributed by atoms with E-state index in [1.165, 1.54) is 0 Å². The number of rotatable bonds is 13. The quantitative estimate of drug-likeness (QED) is 0.0913. The Morgan fingerprint density at radius 3 is 1.11 bits per heavy atom. The molecular weight excluding hydrogens is 1320 g/mol. The molecule has 15 rings (SSSR count). The first-order valence-corrected chi connectivity index (χ1v) is 34.1. The Bertz CT molecular complexity index is 5530. The van der Waals surface area contributed by atoms with Gasteiger partial charge >= 0.3 is 0 Å². The normalized spacial score (nSPS) is 14.6. The number of nitrogens with zero attached hydrogens (tertiary/aromatic N) is 21. The van der Waals surface area contributed by atoms with Gasteiger partial charge in [0.2, 0.25) is 0 Å². The van der Waals surface area contributed by atoms with Gasteiger partial charge in [-0.15, -0.1) is 19.3 Å². The topological polar surface area (TPSA) is 312 Å². The SMILES string of the molecule is C#CC(=O)NC1(C)CCN(c2ccc(-c3cc(-c4cnn(C)c4)cn4ncc(C#N)c34)cn2)CC1.C#CC(=O)NC1(CC)CCN(c2ccc(-c3cc(-c4cnn(C)c4)cn4ncc(C#N)c34)cn2)CC1.C#CC(=O)NC1CCN(c2ccc(-c3cc(-c4cnn(C)c4)cn4ncc(C#N)c34)cn2)CC1. The van der Waals surface area contributed by atoms with Crippen LogP contribution in [-0.4, -0.2) is 147 Å². The zero-order valence-electron chi connectivity index (χ0n) is 58.5. The van der Waals surface area contributed by atoms with Crippen molar-refractivity contribution < 1.29 is 14.4 Å². The second-order valence-corrected chi connectivity index (χ2v) is 26.5. The van der Waals surface area contributed by atoms with Crippen molar-refractivity contribution in [2.24, 2.45) is 21.1 Å². The fraction of sp³-hybridized carbons (Fsp3) is 0.269. The van der Waals surface area contributed by atoms with Crippen LogP contribution in [0.3, 0.4) is 0 Å². The first-order chi connectivity index (χ1) is 50.9. The summed E-state index contributed by atoms with van der Waals surface area (Å²) >= 11 is 0. The number of hydrogen-bond acceptors (Lipinski definition) is 18. The second-order valence-electron chi connectivity index (χ2n) is 26.5. The van der Waals surface area contributed by atoms with Crippen molar-refractivity contribution >= 4 is 51.7 Å². The molecule has 105 heavy (non-hydrogen) atoms. The van der Waals surface area contributed by atoms with Gasteiger partial charge in [0.1, 0.15) is 35.7 Å². The monoisotopic (exact) mass is 1390 g/mol. The molecule has 0 aliphatic carbocycles. The summed E-state index contributed by atoms with van der Waals surface area (Å²) in [5, 5.41) is 63.7. The molecule has 27 nitrogen and oxygen atoms in total. The fourth-order valence-corrected chi connectivity index (χ4v) is 13.8. The van der Waals surface area contributed by atoms with E-state index in [-0.39, 0.29) is 34.8 Å². The maximum absolute atomic E-state index is 11.8. The number of terminal acetylenes is 3. The predicted octanol–water partition coefficient (Wildman–Crippen LogP) is 8.33. The molecule has 0 spiro atoms. The number of anilines is 3. The van der Waals surface area contributed by atoms with Crippen molar-refractivity contribution in [3.05, 3.63) is 164 Å². The van der Waals surface area contributed by atoms with Crippen molar-refractivity contribution in [3.63, 3.8) is 0 Å². The van der Waals surface area contributed by atoms with Crippen LogP contribution in [0.25, 0.3) is 83.3 Å². The largest absolute Gasteiger partial charge is 0.356 e. The molecule has 27 heteroatoms. The zero-order valence-corrected chi connectivity index (χ0v) is 58.5. The number of pyridine rings is 6. The molecule has 3 saturated heterocycles. The average Bonchev–Trinajstić information content (AvgIpc) is 1.62. The molecule has 3 amide bonds. The summed E-state index contributed by atoms with van der Waals surface area (Å²) in [5.74, 6) is 7.92. The number of nitrogens with one attached hydrogen (secondary N) is 3. The van der Waals surface area contributed by atoms with Gasteiger partial charge in [-0.3, -0.25) is 28.4 Å². The van der Waals surface area contributed by atoms with Gasteiger partial charge in [-0.1, -0.05) is 6.92 Å². The number of carbonyl (C=O) groups excluding carboxylic acids is 3. The van der Waals surface area contributed by atoms with E-state index in [4.69, 9.17) is 34.2 Å². The standard InChI is InChI=1S/C27H26N8O.C26H24N8O.C25H22N8O/c1-4-25(36)32-27(5-2)8-10-34(11-9-27)24-7-6-19(14-29-24)23-12-20(22-16-30-33(3)17-22)18-35-26(23)21(13-28)15-31-35;1-4-24(35)31-26(2)7-9-33(10-8-26)23-6-5-18(13-28-23)22-11-19(21-15-29-32(3)16-21)17-34-25(22)20(12-27)14-30-34;1-3-24(34)30-21-6-8-32(9-7-21)23-5-4-17(12-27-23)22-10-18(20-14-28-31(2)15-20)16-33-25(22)19(11-26)13-29-33/h1,6-7,12,14-18H,5,8-11H2,2-3H3,(H,32,36);1,5-6,11,13-17H,7-10H2,2-3H3,(H,31,35);1,4-5,10,12-16,21H,6-9H2,2H3,(H,30,34). The van der Waals surface area contributed by atoms with E-state index >= 15 is 0 Å². The zero-order chi connectivity index (χ0) is 73.5. The number of carbonyl (C=O) groups is 3. The summed E-state index contributed by atoms with van der Waals surface area (Å²) in [6.07, 6.45) is 48.4. The van der Waals surface area contributed by atoms with Crippen LogP contribution in [0.4, 0.5) is 17.5 Å². The molecule has 0 radical (unpaired) electrons. The van der Waals surface area contributed by atoms with Gasteiger partial charge in [0.05, 0.1) is 70.4 Å². The highest BCUT2D eigenvalue weighted by Crippen LogP contribution is 2.38. The van der Waals surface area contributed by atoms with Crippen molar-refractivity contribution in [1.29, 1.82) is 15.8 Å². The Morgan fingerprint density at radius 2 is 0.800 bits per heavy atom. The lowest BCUT2D eigenvalue weighted by atomic mass is 9.85. The Labute approximate surface area is 605 Å². The number of fused-ring (bicyclic) bond motifs is 3. The van der Waals surface area contributed by atoms with E-state index in [1.807, 2.05) is 132 Å². The molecular formula is C78H72N24O3. The van der Waals surface area contributed by atoms with E-state index in [0.717, 1.165) is 185 Å². The van der Waals surface area contributed by atoms with Crippen LogP contribution in [0.1, 0.15) is 75.5 Å². The van der Waals surface area contributed by atoms with Gasteiger partial charge in [-0.2, -0.15) is 46.4 Å². The minimum absolute atomic E-state index is 0.0915. The third kappa shape index (κ3) is 14.8. The third-order valence-electron chi connectivity index (χ3n) is 19.7. The molecule has 3 fully saturated rings. The lowest BCUT2D eigenvalue weighted by Gasteiger charge is -2.42. The fourth-order valence-electron chi connectivity index (χ4n) is 13.8. The van der Waals surface area contributed by atoms with Crippen LogP contribution in [-0.2, 0) is 35.5 Å². The summed E-state index contributed by atoms with van der Waals surface area (Å²) in [6.45, 7) is 8.72. The van der Waals surface area contributed by atoms with E-state index in [0.29, 0.717) is 16.7 Å². The van der Waals surface area contributed by atoms with Crippen LogP contribution in [0.15, 0.2) is 148 Å². The first-order valence-electron chi connectivity index (χ1n) is 34.1. The molecule has 522 valence electrons. The second kappa shape index (κ2) is 29.7.